The summed E-state index contributed by atoms with van der Waals surface area (Å²) in [6.45, 7) is 1.63. The second-order valence-electron chi connectivity index (χ2n) is 2.47. The van der Waals surface area contributed by atoms with Gasteiger partial charge in [0.05, 0.1) is 13.2 Å². The Labute approximate surface area is 69.3 Å². The second kappa shape index (κ2) is 3.73. The summed E-state index contributed by atoms with van der Waals surface area (Å²) in [4.78, 5) is 0. The highest BCUT2D eigenvalue weighted by Crippen LogP contribution is 2.14. The Kier molecular flexibility index (Phi) is 3.21. The summed E-state index contributed by atoms with van der Waals surface area (Å²) >= 11 is 2.41. The maximum Gasteiger partial charge on any atom is 0.0618 e. The van der Waals surface area contributed by atoms with Crippen LogP contribution in [0.15, 0.2) is 0 Å². The van der Waals surface area contributed by atoms with Gasteiger partial charge in [-0.15, -0.1) is 0 Å². The van der Waals surface area contributed by atoms with Crippen LogP contribution in [0.25, 0.3) is 0 Å². The van der Waals surface area contributed by atoms with Crippen LogP contribution in [-0.4, -0.2) is 23.2 Å². The van der Waals surface area contributed by atoms with E-state index in [9.17, 15) is 0 Å². The van der Waals surface area contributed by atoms with E-state index in [1.165, 1.54) is 6.42 Å². The lowest BCUT2D eigenvalue weighted by atomic mass is 10.2. The molecule has 1 rings (SSSR count). The van der Waals surface area contributed by atoms with Gasteiger partial charge in [0.1, 0.15) is 0 Å². The standard InChI is InChI=1S/C6H12INO/c7-5-1-2-6(8)4-9-3-5/h5-6H,1-4,8H2/t5-,6+/m0/s1. The zero-order valence-corrected chi connectivity index (χ0v) is 7.50. The molecule has 0 amide bonds. The van der Waals surface area contributed by atoms with Gasteiger partial charge in [-0.25, -0.2) is 0 Å². The predicted molar refractivity (Wildman–Crippen MR) is 45.8 cm³/mol. The van der Waals surface area contributed by atoms with Gasteiger partial charge in [-0.3, -0.25) is 0 Å². The molecule has 3 heteroatoms. The quantitative estimate of drug-likeness (QED) is 0.505. The summed E-state index contributed by atoms with van der Waals surface area (Å²) in [6.07, 6.45) is 2.33. The van der Waals surface area contributed by atoms with Crippen molar-refractivity contribution in [2.75, 3.05) is 13.2 Å². The van der Waals surface area contributed by atoms with Crippen LogP contribution >= 0.6 is 22.6 Å². The molecule has 0 saturated carbocycles. The highest BCUT2D eigenvalue weighted by Gasteiger charge is 2.13. The number of ether oxygens (including phenoxy) is 1. The van der Waals surface area contributed by atoms with E-state index in [0.717, 1.165) is 19.6 Å². The number of hydrogen-bond acceptors (Lipinski definition) is 2. The molecule has 0 aromatic heterocycles. The third-order valence-electron chi connectivity index (χ3n) is 1.48. The van der Waals surface area contributed by atoms with Crippen LogP contribution in [0.1, 0.15) is 12.8 Å². The molecule has 0 unspecified atom stereocenters. The average Bonchev–Trinajstić information content (AvgIpc) is 1.97. The number of halogens is 1. The number of alkyl halides is 1. The minimum atomic E-state index is 0.282. The van der Waals surface area contributed by atoms with Gasteiger partial charge >= 0.3 is 0 Å². The molecular formula is C6H12INO. The molecule has 0 aromatic rings. The van der Waals surface area contributed by atoms with E-state index in [2.05, 4.69) is 22.6 Å². The van der Waals surface area contributed by atoms with Crippen molar-refractivity contribution < 1.29 is 4.74 Å². The molecule has 54 valence electrons. The normalized spacial score (nSPS) is 38.0. The first kappa shape index (κ1) is 7.75. The lowest BCUT2D eigenvalue weighted by Crippen LogP contribution is -2.23. The Morgan fingerprint density at radius 2 is 2.11 bits per heavy atom. The molecule has 2 N–H and O–H groups in total. The summed E-state index contributed by atoms with van der Waals surface area (Å²) in [5, 5.41) is 0. The molecule has 1 aliphatic rings. The number of nitrogens with two attached hydrogens (primary N) is 1. The molecular weight excluding hydrogens is 229 g/mol. The predicted octanol–water partition coefficient (Wildman–Crippen LogP) is 0.928. The Morgan fingerprint density at radius 3 is 2.89 bits per heavy atom. The van der Waals surface area contributed by atoms with E-state index >= 15 is 0 Å². The van der Waals surface area contributed by atoms with Gasteiger partial charge < -0.3 is 10.5 Å². The summed E-state index contributed by atoms with van der Waals surface area (Å²) in [5.74, 6) is 0. The highest BCUT2D eigenvalue weighted by atomic mass is 127. The largest absolute Gasteiger partial charge is 0.379 e. The molecule has 9 heavy (non-hydrogen) atoms. The summed E-state index contributed by atoms with van der Waals surface area (Å²) < 4.78 is 5.96. The Hall–Kier alpha value is 0.650. The van der Waals surface area contributed by atoms with Crippen LogP contribution in [0, 0.1) is 0 Å². The first-order valence-electron chi connectivity index (χ1n) is 3.26. The van der Waals surface area contributed by atoms with Gasteiger partial charge in [0, 0.05) is 9.97 Å². The van der Waals surface area contributed by atoms with Crippen LogP contribution in [0.3, 0.4) is 0 Å². The first-order valence-corrected chi connectivity index (χ1v) is 4.51. The number of hydrogen-bond donors (Lipinski definition) is 1. The van der Waals surface area contributed by atoms with Crippen molar-refractivity contribution in [3.05, 3.63) is 0 Å². The van der Waals surface area contributed by atoms with Crippen molar-refractivity contribution in [1.82, 2.24) is 0 Å². The van der Waals surface area contributed by atoms with E-state index in [4.69, 9.17) is 10.5 Å². The molecule has 2 atom stereocenters. The molecule has 2 nitrogen and oxygen atoms in total. The maximum atomic E-state index is 5.67. The van der Waals surface area contributed by atoms with Gasteiger partial charge in [-0.05, 0) is 12.8 Å². The Balaban J connectivity index is 2.25. The molecule has 0 bridgehead atoms. The smallest absolute Gasteiger partial charge is 0.0618 e. The summed E-state index contributed by atoms with van der Waals surface area (Å²) in [7, 11) is 0. The topological polar surface area (TPSA) is 35.2 Å². The van der Waals surface area contributed by atoms with Gasteiger partial charge in [0.2, 0.25) is 0 Å². The first-order chi connectivity index (χ1) is 4.29. The van der Waals surface area contributed by atoms with Gasteiger partial charge in [-0.2, -0.15) is 0 Å². The van der Waals surface area contributed by atoms with Crippen LogP contribution in [0.5, 0.6) is 0 Å². The third kappa shape index (κ3) is 2.82. The van der Waals surface area contributed by atoms with Crippen LogP contribution in [0.4, 0.5) is 0 Å². The van der Waals surface area contributed by atoms with E-state index in [0.29, 0.717) is 3.92 Å². The molecule has 1 fully saturated rings. The summed E-state index contributed by atoms with van der Waals surface area (Å²) in [5.41, 5.74) is 5.67. The Morgan fingerprint density at radius 1 is 1.33 bits per heavy atom. The van der Waals surface area contributed by atoms with Crippen molar-refractivity contribution >= 4 is 22.6 Å². The van der Waals surface area contributed by atoms with Gasteiger partial charge in [0.25, 0.3) is 0 Å². The van der Waals surface area contributed by atoms with Crippen molar-refractivity contribution in [2.24, 2.45) is 5.73 Å². The third-order valence-corrected chi connectivity index (χ3v) is 2.46. The molecule has 0 spiro atoms. The second-order valence-corrected chi connectivity index (χ2v) is 4.23. The average molecular weight is 241 g/mol. The van der Waals surface area contributed by atoms with Gasteiger partial charge in [0.15, 0.2) is 0 Å². The van der Waals surface area contributed by atoms with E-state index in [1.54, 1.807) is 0 Å². The van der Waals surface area contributed by atoms with E-state index in [-0.39, 0.29) is 6.04 Å². The fraction of sp³-hybridized carbons (Fsp3) is 1.00. The lowest BCUT2D eigenvalue weighted by molar-refractivity contribution is 0.139. The number of rotatable bonds is 0. The van der Waals surface area contributed by atoms with Crippen LogP contribution in [-0.2, 0) is 4.74 Å². The zero-order valence-electron chi connectivity index (χ0n) is 5.35. The van der Waals surface area contributed by atoms with Crippen LogP contribution < -0.4 is 5.73 Å². The fourth-order valence-corrected chi connectivity index (χ4v) is 1.52. The minimum Gasteiger partial charge on any atom is -0.379 e. The van der Waals surface area contributed by atoms with Crippen LogP contribution in [0.2, 0.25) is 0 Å². The molecule has 0 radical (unpaired) electrons. The van der Waals surface area contributed by atoms with Crippen molar-refractivity contribution in [3.8, 4) is 0 Å². The summed E-state index contributed by atoms with van der Waals surface area (Å²) in [6, 6.07) is 0.282. The maximum absolute atomic E-state index is 5.67. The van der Waals surface area contributed by atoms with Crippen molar-refractivity contribution in [3.63, 3.8) is 0 Å². The monoisotopic (exact) mass is 241 g/mol. The molecule has 1 heterocycles. The van der Waals surface area contributed by atoms with E-state index < -0.39 is 0 Å². The molecule has 1 saturated heterocycles. The lowest BCUT2D eigenvalue weighted by Gasteiger charge is -2.03. The SMILES string of the molecule is N[C@@H]1CC[C@H](I)COC1. The highest BCUT2D eigenvalue weighted by molar-refractivity contribution is 14.1. The van der Waals surface area contributed by atoms with Crippen molar-refractivity contribution in [2.45, 2.75) is 22.8 Å². The minimum absolute atomic E-state index is 0.282. The molecule has 1 aliphatic heterocycles. The van der Waals surface area contributed by atoms with Gasteiger partial charge in [-0.1, -0.05) is 22.6 Å². The molecule has 0 aromatic carbocycles. The van der Waals surface area contributed by atoms with E-state index in [1.807, 2.05) is 0 Å². The zero-order chi connectivity index (χ0) is 6.69. The Bertz CT molecular complexity index is 79.1. The molecule has 0 aliphatic carbocycles. The van der Waals surface area contributed by atoms with Crippen molar-refractivity contribution in [1.29, 1.82) is 0 Å². The fourth-order valence-electron chi connectivity index (χ4n) is 0.909.